The monoisotopic (exact) mass is 258 g/mol. The van der Waals surface area contributed by atoms with E-state index in [-0.39, 0.29) is 5.75 Å². The van der Waals surface area contributed by atoms with Gasteiger partial charge in [0.2, 0.25) is 0 Å². The van der Waals surface area contributed by atoms with Gasteiger partial charge in [-0.05, 0) is 60.8 Å². The van der Waals surface area contributed by atoms with Crippen LogP contribution in [0.3, 0.4) is 0 Å². The molecule has 2 nitrogen and oxygen atoms in total. The Morgan fingerprint density at radius 3 is 2.21 bits per heavy atom. The largest absolute Gasteiger partial charge is 0.506 e. The Hall–Kier alpha value is -0.540. The second-order valence-electron chi connectivity index (χ2n) is 4.08. The first kappa shape index (κ1) is 11.5. The van der Waals surface area contributed by atoms with Gasteiger partial charge < -0.3 is 10.2 Å². The number of aliphatic hydroxyl groups is 1. The van der Waals surface area contributed by atoms with E-state index in [2.05, 4.69) is 15.9 Å². The quantitative estimate of drug-likeness (QED) is 0.813. The number of rotatable bonds is 1. The molecule has 0 amide bonds. The number of hydrogen-bond acceptors (Lipinski definition) is 2. The third kappa shape index (κ3) is 1.93. The molecular formula is C11H15BrO2. The van der Waals surface area contributed by atoms with Crippen molar-refractivity contribution in [2.45, 2.75) is 33.3 Å². The fraction of sp³-hybridized carbons (Fsp3) is 0.455. The number of phenols is 1. The Morgan fingerprint density at radius 2 is 1.79 bits per heavy atom. The van der Waals surface area contributed by atoms with Gasteiger partial charge in [-0.15, -0.1) is 0 Å². The first-order valence-electron chi connectivity index (χ1n) is 4.46. The third-order valence-corrected chi connectivity index (χ3v) is 2.99. The van der Waals surface area contributed by atoms with Crippen LogP contribution in [0.2, 0.25) is 0 Å². The van der Waals surface area contributed by atoms with Crippen LogP contribution in [0.15, 0.2) is 10.5 Å². The molecule has 0 bridgehead atoms. The van der Waals surface area contributed by atoms with Crippen LogP contribution >= 0.6 is 15.9 Å². The van der Waals surface area contributed by atoms with Gasteiger partial charge >= 0.3 is 0 Å². The lowest BCUT2D eigenvalue weighted by Gasteiger charge is -2.23. The van der Waals surface area contributed by atoms with Crippen molar-refractivity contribution in [3.63, 3.8) is 0 Å². The second-order valence-corrected chi connectivity index (χ2v) is 4.94. The molecule has 78 valence electrons. The van der Waals surface area contributed by atoms with Crippen molar-refractivity contribution in [3.8, 4) is 5.75 Å². The Balaban J connectivity index is 3.56. The Kier molecular flexibility index (Phi) is 2.93. The average molecular weight is 259 g/mol. The highest BCUT2D eigenvalue weighted by atomic mass is 79.9. The molecule has 1 aromatic rings. The molecule has 0 atom stereocenters. The topological polar surface area (TPSA) is 40.5 Å². The van der Waals surface area contributed by atoms with Crippen LogP contribution in [0, 0.1) is 13.8 Å². The van der Waals surface area contributed by atoms with E-state index in [0.29, 0.717) is 10.0 Å². The maximum atomic E-state index is 9.92. The van der Waals surface area contributed by atoms with E-state index in [1.807, 2.05) is 19.9 Å². The van der Waals surface area contributed by atoms with Gasteiger partial charge in [0.25, 0.3) is 0 Å². The summed E-state index contributed by atoms with van der Waals surface area (Å²) in [6.45, 7) is 7.19. The van der Waals surface area contributed by atoms with Crippen LogP contribution in [-0.2, 0) is 5.60 Å². The van der Waals surface area contributed by atoms with Crippen LogP contribution in [0.1, 0.15) is 30.5 Å². The molecule has 0 aliphatic heterocycles. The zero-order valence-electron chi connectivity index (χ0n) is 8.85. The predicted octanol–water partition coefficient (Wildman–Crippen LogP) is 3.00. The Labute approximate surface area is 92.7 Å². The zero-order chi connectivity index (χ0) is 11.1. The normalized spacial score (nSPS) is 11.9. The van der Waals surface area contributed by atoms with E-state index >= 15 is 0 Å². The number of aromatic hydroxyl groups is 1. The van der Waals surface area contributed by atoms with Crippen LogP contribution in [0.25, 0.3) is 0 Å². The van der Waals surface area contributed by atoms with Gasteiger partial charge in [0.05, 0.1) is 10.1 Å². The van der Waals surface area contributed by atoms with E-state index in [1.54, 1.807) is 13.8 Å². The molecule has 0 saturated carbocycles. The smallest absolute Gasteiger partial charge is 0.136 e. The highest BCUT2D eigenvalue weighted by molar-refractivity contribution is 9.10. The summed E-state index contributed by atoms with van der Waals surface area (Å²) in [7, 11) is 0. The van der Waals surface area contributed by atoms with Gasteiger partial charge in [0.1, 0.15) is 5.75 Å². The Morgan fingerprint density at radius 1 is 1.29 bits per heavy atom. The van der Waals surface area contributed by atoms with Gasteiger partial charge in [-0.2, -0.15) is 0 Å². The summed E-state index contributed by atoms with van der Waals surface area (Å²) in [6, 6.07) is 1.85. The molecule has 2 N–H and O–H groups in total. The number of aryl methyl sites for hydroxylation is 1. The number of hydrogen-bond donors (Lipinski definition) is 2. The van der Waals surface area contributed by atoms with Crippen LogP contribution in [-0.4, -0.2) is 10.2 Å². The van der Waals surface area contributed by atoms with E-state index < -0.39 is 5.60 Å². The summed E-state index contributed by atoms with van der Waals surface area (Å²) in [4.78, 5) is 0. The molecule has 0 radical (unpaired) electrons. The lowest BCUT2D eigenvalue weighted by atomic mass is 9.90. The maximum absolute atomic E-state index is 9.92. The molecular weight excluding hydrogens is 244 g/mol. The zero-order valence-corrected chi connectivity index (χ0v) is 10.4. The number of halogens is 1. The molecule has 1 rings (SSSR count). The van der Waals surface area contributed by atoms with Crippen molar-refractivity contribution < 1.29 is 10.2 Å². The first-order chi connectivity index (χ1) is 6.25. The molecule has 0 spiro atoms. The van der Waals surface area contributed by atoms with Gasteiger partial charge in [-0.3, -0.25) is 0 Å². The van der Waals surface area contributed by atoms with Crippen LogP contribution in [0.4, 0.5) is 0 Å². The Bertz CT molecular complexity index is 338. The van der Waals surface area contributed by atoms with E-state index in [9.17, 15) is 10.2 Å². The molecule has 0 fully saturated rings. The lowest BCUT2D eigenvalue weighted by Crippen LogP contribution is -2.18. The van der Waals surface area contributed by atoms with Gasteiger partial charge in [0, 0.05) is 5.56 Å². The number of benzene rings is 1. The summed E-state index contributed by atoms with van der Waals surface area (Å²) in [5, 5.41) is 19.8. The average Bonchev–Trinajstić information content (AvgIpc) is 1.98. The maximum Gasteiger partial charge on any atom is 0.136 e. The lowest BCUT2D eigenvalue weighted by molar-refractivity contribution is 0.0749. The summed E-state index contributed by atoms with van der Waals surface area (Å²) >= 11 is 3.26. The minimum Gasteiger partial charge on any atom is -0.506 e. The highest BCUT2D eigenvalue weighted by Crippen LogP contribution is 2.38. The minimum absolute atomic E-state index is 0.126. The number of phenolic OH excluding ortho intramolecular Hbond substituents is 1. The van der Waals surface area contributed by atoms with Crippen LogP contribution < -0.4 is 0 Å². The molecule has 1 aromatic carbocycles. The third-order valence-electron chi connectivity index (χ3n) is 2.38. The van der Waals surface area contributed by atoms with E-state index in [1.165, 1.54) is 0 Å². The SMILES string of the molecule is Cc1cc(Br)c(O)c(C(C)(C)O)c1C. The molecule has 0 heterocycles. The molecule has 3 heteroatoms. The van der Waals surface area contributed by atoms with Crippen molar-refractivity contribution in [3.05, 3.63) is 27.2 Å². The van der Waals surface area contributed by atoms with Crippen molar-refractivity contribution in [2.24, 2.45) is 0 Å². The predicted molar refractivity (Wildman–Crippen MR) is 60.5 cm³/mol. The molecule has 0 aliphatic carbocycles. The van der Waals surface area contributed by atoms with Crippen molar-refractivity contribution >= 4 is 15.9 Å². The van der Waals surface area contributed by atoms with Crippen LogP contribution in [0.5, 0.6) is 5.75 Å². The van der Waals surface area contributed by atoms with Crippen molar-refractivity contribution in [1.29, 1.82) is 0 Å². The molecule has 0 saturated heterocycles. The van der Waals surface area contributed by atoms with Gasteiger partial charge in [0.15, 0.2) is 0 Å². The minimum atomic E-state index is -1.03. The molecule has 0 aliphatic rings. The fourth-order valence-electron chi connectivity index (χ4n) is 1.61. The second kappa shape index (κ2) is 3.55. The summed E-state index contributed by atoms with van der Waals surface area (Å²) in [5.74, 6) is 0.126. The highest BCUT2D eigenvalue weighted by Gasteiger charge is 2.25. The standard InChI is InChI=1S/C11H15BrO2/c1-6-5-8(12)10(13)9(7(6)2)11(3,4)14/h5,13-14H,1-4H3. The van der Waals surface area contributed by atoms with Gasteiger partial charge in [-0.1, -0.05) is 0 Å². The van der Waals surface area contributed by atoms with Crippen molar-refractivity contribution in [1.82, 2.24) is 0 Å². The summed E-state index contributed by atoms with van der Waals surface area (Å²) < 4.78 is 0.623. The first-order valence-corrected chi connectivity index (χ1v) is 5.26. The molecule has 14 heavy (non-hydrogen) atoms. The van der Waals surface area contributed by atoms with Gasteiger partial charge in [-0.25, -0.2) is 0 Å². The molecule has 0 unspecified atom stereocenters. The molecule has 0 aromatic heterocycles. The fourth-order valence-corrected chi connectivity index (χ4v) is 2.15. The summed E-state index contributed by atoms with van der Waals surface area (Å²) in [5.41, 5.74) is 1.54. The van der Waals surface area contributed by atoms with E-state index in [4.69, 9.17) is 0 Å². The van der Waals surface area contributed by atoms with Crippen molar-refractivity contribution in [2.75, 3.05) is 0 Å². The summed E-state index contributed by atoms with van der Waals surface area (Å²) in [6.07, 6.45) is 0. The van der Waals surface area contributed by atoms with E-state index in [0.717, 1.165) is 11.1 Å².